The van der Waals surface area contributed by atoms with Crippen molar-refractivity contribution in [2.75, 3.05) is 11.5 Å². The smallest absolute Gasteiger partial charge is 0.146 e. The minimum Gasteiger partial charge on any atom is -0.298 e. The number of benzene rings is 1. The van der Waals surface area contributed by atoms with Gasteiger partial charge in [0.2, 0.25) is 0 Å². The number of pyridine rings is 1. The first-order valence-corrected chi connectivity index (χ1v) is 7.35. The number of carbonyl (C=O) groups excluding carboxylic acids is 1. The highest BCUT2D eigenvalue weighted by Crippen LogP contribution is 2.27. The molecular formula is C15H15NOS. The summed E-state index contributed by atoms with van der Waals surface area (Å²) in [4.78, 5) is 16.3. The number of fused-ring (bicyclic) bond motifs is 1. The van der Waals surface area contributed by atoms with Gasteiger partial charge in [0.05, 0.1) is 11.3 Å². The van der Waals surface area contributed by atoms with E-state index in [2.05, 4.69) is 17.1 Å². The third kappa shape index (κ3) is 2.15. The number of carbonyl (C=O) groups is 1. The predicted octanol–water partition coefficient (Wildman–Crippen LogP) is 3.02. The lowest BCUT2D eigenvalue weighted by Crippen LogP contribution is -2.14. The third-order valence-corrected chi connectivity index (χ3v) is 4.54. The Kier molecular flexibility index (Phi) is 3.08. The van der Waals surface area contributed by atoms with Gasteiger partial charge in [-0.05, 0) is 31.0 Å². The van der Waals surface area contributed by atoms with Gasteiger partial charge in [-0.25, -0.2) is 0 Å². The lowest BCUT2D eigenvalue weighted by Gasteiger charge is -2.11. The molecule has 1 aliphatic heterocycles. The maximum Gasteiger partial charge on any atom is 0.146 e. The highest BCUT2D eigenvalue weighted by molar-refractivity contribution is 8.00. The van der Waals surface area contributed by atoms with Gasteiger partial charge in [-0.1, -0.05) is 18.2 Å². The lowest BCUT2D eigenvalue weighted by atomic mass is 9.95. The maximum atomic E-state index is 11.8. The molecule has 1 aliphatic rings. The van der Waals surface area contributed by atoms with Crippen molar-refractivity contribution in [3.05, 3.63) is 41.6 Å². The Hall–Kier alpha value is -1.35. The highest BCUT2D eigenvalue weighted by atomic mass is 32.2. The van der Waals surface area contributed by atoms with E-state index in [1.165, 1.54) is 10.9 Å². The van der Waals surface area contributed by atoms with Gasteiger partial charge in [0.1, 0.15) is 5.78 Å². The van der Waals surface area contributed by atoms with Crippen LogP contribution < -0.4 is 0 Å². The Bertz CT molecular complexity index is 608. The molecule has 3 rings (SSSR count). The van der Waals surface area contributed by atoms with Crippen LogP contribution in [0.4, 0.5) is 0 Å². The van der Waals surface area contributed by atoms with Crippen LogP contribution in [0.25, 0.3) is 10.9 Å². The zero-order valence-corrected chi connectivity index (χ0v) is 11.2. The molecule has 18 heavy (non-hydrogen) atoms. The number of Topliss-reactive ketones (excluding diaryl/α,β-unsaturated/α-hetero) is 1. The quantitative estimate of drug-likeness (QED) is 0.828. The van der Waals surface area contributed by atoms with E-state index in [-0.39, 0.29) is 5.92 Å². The maximum absolute atomic E-state index is 11.8. The summed E-state index contributed by atoms with van der Waals surface area (Å²) in [5.74, 6) is 2.25. The third-order valence-electron chi connectivity index (χ3n) is 3.41. The molecule has 0 radical (unpaired) electrons. The zero-order valence-electron chi connectivity index (χ0n) is 10.3. The van der Waals surface area contributed by atoms with Crippen LogP contribution in [0.1, 0.15) is 11.3 Å². The number of rotatable bonds is 2. The lowest BCUT2D eigenvalue weighted by molar-refractivity contribution is -0.119. The van der Waals surface area contributed by atoms with Gasteiger partial charge in [0.15, 0.2) is 0 Å². The summed E-state index contributed by atoms with van der Waals surface area (Å²) in [6.45, 7) is 2.02. The fraction of sp³-hybridized carbons (Fsp3) is 0.333. The monoisotopic (exact) mass is 257 g/mol. The summed E-state index contributed by atoms with van der Waals surface area (Å²) in [6, 6.07) is 10.3. The second-order valence-corrected chi connectivity index (χ2v) is 5.85. The Balaban J connectivity index is 2.02. The van der Waals surface area contributed by atoms with E-state index in [9.17, 15) is 4.79 Å². The molecule has 1 aromatic carbocycles. The molecule has 0 aliphatic carbocycles. The standard InChI is InChI=1S/C15H15NOS/c1-10-6-11(7-12-8-18-9-15(12)17)13-4-2-3-5-14(13)16-10/h2-6,12H,7-9H2,1H3. The van der Waals surface area contributed by atoms with E-state index in [0.717, 1.165) is 23.4 Å². The zero-order chi connectivity index (χ0) is 12.5. The molecule has 1 fully saturated rings. The second-order valence-electron chi connectivity index (χ2n) is 4.82. The molecule has 2 heterocycles. The minimum absolute atomic E-state index is 0.195. The van der Waals surface area contributed by atoms with Crippen LogP contribution in [0.3, 0.4) is 0 Å². The fourth-order valence-electron chi connectivity index (χ4n) is 2.51. The Morgan fingerprint density at radius 2 is 2.22 bits per heavy atom. The van der Waals surface area contributed by atoms with Crippen molar-refractivity contribution < 1.29 is 4.79 Å². The highest BCUT2D eigenvalue weighted by Gasteiger charge is 2.25. The van der Waals surface area contributed by atoms with E-state index in [4.69, 9.17) is 0 Å². The number of ketones is 1. The van der Waals surface area contributed by atoms with Gasteiger partial charge >= 0.3 is 0 Å². The van der Waals surface area contributed by atoms with Crippen LogP contribution >= 0.6 is 11.8 Å². The molecule has 0 spiro atoms. The van der Waals surface area contributed by atoms with Crippen molar-refractivity contribution in [3.63, 3.8) is 0 Å². The average Bonchev–Trinajstić information content (AvgIpc) is 2.75. The Morgan fingerprint density at radius 1 is 1.39 bits per heavy atom. The molecule has 0 saturated carbocycles. The summed E-state index contributed by atoms with van der Waals surface area (Å²) in [6.07, 6.45) is 0.857. The van der Waals surface area contributed by atoms with Crippen molar-refractivity contribution in [3.8, 4) is 0 Å². The molecule has 2 aromatic rings. The molecule has 0 bridgehead atoms. The van der Waals surface area contributed by atoms with E-state index in [1.54, 1.807) is 11.8 Å². The summed E-state index contributed by atoms with van der Waals surface area (Å²) in [5, 5.41) is 1.19. The van der Waals surface area contributed by atoms with Crippen LogP contribution in [-0.4, -0.2) is 22.3 Å². The number of nitrogens with zero attached hydrogens (tertiary/aromatic N) is 1. The summed E-state index contributed by atoms with van der Waals surface area (Å²) < 4.78 is 0. The van der Waals surface area contributed by atoms with Crippen LogP contribution in [0, 0.1) is 12.8 Å². The van der Waals surface area contributed by atoms with Crippen LogP contribution in [0.2, 0.25) is 0 Å². The van der Waals surface area contributed by atoms with E-state index in [1.807, 2.05) is 25.1 Å². The summed E-state index contributed by atoms with van der Waals surface area (Å²) >= 11 is 1.75. The molecule has 3 heteroatoms. The fourth-order valence-corrected chi connectivity index (χ4v) is 3.66. The largest absolute Gasteiger partial charge is 0.298 e. The molecule has 92 valence electrons. The minimum atomic E-state index is 0.195. The first-order chi connectivity index (χ1) is 8.74. The molecular weight excluding hydrogens is 242 g/mol. The van der Waals surface area contributed by atoms with Gasteiger partial charge < -0.3 is 0 Å². The van der Waals surface area contributed by atoms with Gasteiger partial charge in [0.25, 0.3) is 0 Å². The van der Waals surface area contributed by atoms with Crippen LogP contribution in [0.5, 0.6) is 0 Å². The summed E-state index contributed by atoms with van der Waals surface area (Å²) in [7, 11) is 0. The van der Waals surface area contributed by atoms with E-state index >= 15 is 0 Å². The van der Waals surface area contributed by atoms with Crippen molar-refractivity contribution in [1.29, 1.82) is 0 Å². The molecule has 0 N–H and O–H groups in total. The van der Waals surface area contributed by atoms with Gasteiger partial charge in [-0.2, -0.15) is 11.8 Å². The van der Waals surface area contributed by atoms with Crippen LogP contribution in [-0.2, 0) is 11.2 Å². The number of hydrogen-bond donors (Lipinski definition) is 0. The average molecular weight is 257 g/mol. The van der Waals surface area contributed by atoms with E-state index in [0.29, 0.717) is 11.5 Å². The molecule has 1 aromatic heterocycles. The van der Waals surface area contributed by atoms with Crippen molar-refractivity contribution in [1.82, 2.24) is 4.98 Å². The summed E-state index contributed by atoms with van der Waals surface area (Å²) in [5.41, 5.74) is 3.33. The van der Waals surface area contributed by atoms with Crippen molar-refractivity contribution in [2.45, 2.75) is 13.3 Å². The van der Waals surface area contributed by atoms with Gasteiger partial charge in [-0.15, -0.1) is 0 Å². The number of hydrogen-bond acceptors (Lipinski definition) is 3. The normalized spacial score (nSPS) is 19.6. The van der Waals surface area contributed by atoms with E-state index < -0.39 is 0 Å². The first-order valence-electron chi connectivity index (χ1n) is 6.20. The Morgan fingerprint density at radius 3 is 3.00 bits per heavy atom. The first kappa shape index (κ1) is 11.7. The number of para-hydroxylation sites is 1. The molecule has 0 amide bonds. The second kappa shape index (κ2) is 4.73. The van der Waals surface area contributed by atoms with Crippen LogP contribution in [0.15, 0.2) is 30.3 Å². The molecule has 1 atom stereocenters. The van der Waals surface area contributed by atoms with Crippen molar-refractivity contribution >= 4 is 28.4 Å². The van der Waals surface area contributed by atoms with Crippen molar-refractivity contribution in [2.24, 2.45) is 5.92 Å². The predicted molar refractivity (Wildman–Crippen MR) is 76.0 cm³/mol. The molecule has 1 unspecified atom stereocenters. The van der Waals surface area contributed by atoms with Gasteiger partial charge in [0, 0.05) is 22.8 Å². The van der Waals surface area contributed by atoms with Gasteiger partial charge in [-0.3, -0.25) is 9.78 Å². The number of aromatic nitrogens is 1. The number of thioether (sulfide) groups is 1. The molecule has 2 nitrogen and oxygen atoms in total. The Labute approximate surface area is 111 Å². The topological polar surface area (TPSA) is 30.0 Å². The number of aryl methyl sites for hydroxylation is 1. The SMILES string of the molecule is Cc1cc(CC2CSCC2=O)c2ccccc2n1. The molecule has 1 saturated heterocycles.